The predicted octanol–water partition coefficient (Wildman–Crippen LogP) is 25.3. The van der Waals surface area contributed by atoms with Gasteiger partial charge in [-0.05, 0) is 99.5 Å². The van der Waals surface area contributed by atoms with Crippen LogP contribution in [0.4, 0.5) is 0 Å². The zero-order valence-electron chi connectivity index (χ0n) is 53.5. The summed E-state index contributed by atoms with van der Waals surface area (Å²) in [6.07, 6.45) is 31.2. The van der Waals surface area contributed by atoms with Gasteiger partial charge in [-0.3, -0.25) is 14.5 Å². The van der Waals surface area contributed by atoms with Crippen LogP contribution in [0.3, 0.4) is 0 Å². The number of hydrogen-bond donors (Lipinski definition) is 0. The highest BCUT2D eigenvalue weighted by Gasteiger charge is 2.43. The number of carbonyl (C=O) groups excluding carboxylic acids is 2. The van der Waals surface area contributed by atoms with Crippen molar-refractivity contribution in [1.82, 2.24) is 22.8 Å². The highest BCUT2D eigenvalue weighted by atomic mass is 32.1. The molecule has 0 fully saturated rings. The molecular weight excluding hydrogens is 1160 g/mol. The molecule has 1 aromatic carbocycles. The quantitative estimate of drug-likeness (QED) is 0.0290. The number of rotatable bonds is 36. The van der Waals surface area contributed by atoms with E-state index in [9.17, 15) is 0 Å². The summed E-state index contributed by atoms with van der Waals surface area (Å²) in [5.41, 5.74) is 10.9. The number of fused-ring (bicyclic) bond motifs is 8. The summed E-state index contributed by atoms with van der Waals surface area (Å²) in [5.74, 6) is 2.42. The fraction of sp³-hybridized carbons (Fsp3) is 0.611. The number of aromatic nitrogens is 4. The molecule has 0 N–H and O–H groups in total. The van der Waals surface area contributed by atoms with Gasteiger partial charge < -0.3 is 9.13 Å². The van der Waals surface area contributed by atoms with Crippen LogP contribution in [0.5, 0.6) is 0 Å². The molecule has 0 radical (unpaired) electrons. The Morgan fingerprint density at radius 3 is 1.29 bits per heavy atom. The summed E-state index contributed by atoms with van der Waals surface area (Å²) < 4.78 is 20.6. The number of amides is 2. The molecule has 10 rings (SSSR count). The van der Waals surface area contributed by atoms with Crippen LogP contribution in [0.25, 0.3) is 81.8 Å². The van der Waals surface area contributed by atoms with Gasteiger partial charge in [0.05, 0.1) is 73.5 Å². The first-order valence-electron chi connectivity index (χ1n) is 33.8. The second-order valence-electron chi connectivity index (χ2n) is 25.6. The fourth-order valence-corrected chi connectivity index (χ4v) is 21.4. The molecular formula is C72H99N5O2S6. The first kappa shape index (κ1) is 64.3. The second kappa shape index (κ2) is 29.7. The number of imide groups is 1. The Labute approximate surface area is 533 Å². The Hall–Kier alpha value is -3.72. The van der Waals surface area contributed by atoms with E-state index in [0.717, 1.165) is 73.8 Å². The third kappa shape index (κ3) is 13.4. The molecule has 13 heteroatoms. The SMILES string of the molecule is CCCCCCCCN1C(=O)c2c(-c3cc4c(s3)c3sc(C)cc3n4C(CC(CC)CCCC)CC(CC)CCCC)sc(-c3cc4c(s3)c3sc(-c5ccc(C)c6nsnc56)cc3n4C(CC(CC)CCCC)CC(CC)CCCC)c2C1=O. The molecule has 9 aromatic rings. The lowest BCUT2D eigenvalue weighted by Crippen LogP contribution is -2.31. The van der Waals surface area contributed by atoms with Crippen LogP contribution in [-0.2, 0) is 0 Å². The molecule has 0 saturated carbocycles. The number of carbonyl (C=O) groups is 2. The van der Waals surface area contributed by atoms with Crippen molar-refractivity contribution in [3.8, 4) is 29.9 Å². The zero-order valence-corrected chi connectivity index (χ0v) is 58.4. The first-order chi connectivity index (χ1) is 41.4. The third-order valence-electron chi connectivity index (χ3n) is 19.6. The highest BCUT2D eigenvalue weighted by Crippen LogP contribution is 2.56. The van der Waals surface area contributed by atoms with E-state index in [2.05, 4.69) is 122 Å². The lowest BCUT2D eigenvalue weighted by atomic mass is 9.85. The van der Waals surface area contributed by atoms with E-state index in [4.69, 9.17) is 8.75 Å². The third-order valence-corrected chi connectivity index (χ3v) is 26.5. The molecule has 0 bridgehead atoms. The maximum atomic E-state index is 15.5. The van der Waals surface area contributed by atoms with Crippen molar-refractivity contribution in [1.29, 1.82) is 0 Å². The number of unbranched alkanes of at least 4 members (excludes halogenated alkanes) is 9. The van der Waals surface area contributed by atoms with E-state index in [1.165, 1.54) is 197 Å². The lowest BCUT2D eigenvalue weighted by Gasteiger charge is -2.29. The van der Waals surface area contributed by atoms with Crippen LogP contribution < -0.4 is 0 Å². The minimum atomic E-state index is -0.102. The number of nitrogens with zero attached hydrogens (tertiary/aromatic N) is 5. The molecule has 9 heterocycles. The van der Waals surface area contributed by atoms with Crippen LogP contribution in [0.15, 0.2) is 36.4 Å². The van der Waals surface area contributed by atoms with Crippen LogP contribution in [-0.4, -0.2) is 41.1 Å². The lowest BCUT2D eigenvalue weighted by molar-refractivity contribution is 0.0651. The minimum absolute atomic E-state index is 0.0993. The summed E-state index contributed by atoms with van der Waals surface area (Å²) in [6, 6.07) is 15.1. The molecule has 460 valence electrons. The molecule has 7 nitrogen and oxygen atoms in total. The molecule has 0 spiro atoms. The van der Waals surface area contributed by atoms with E-state index in [-0.39, 0.29) is 11.8 Å². The average molecular weight is 1260 g/mol. The zero-order chi connectivity index (χ0) is 59.9. The van der Waals surface area contributed by atoms with Gasteiger partial charge in [0.1, 0.15) is 11.0 Å². The molecule has 8 aromatic heterocycles. The fourth-order valence-electron chi connectivity index (χ4n) is 14.5. The van der Waals surface area contributed by atoms with E-state index in [1.54, 1.807) is 16.2 Å². The standard InChI is InChI=1S/C72H99N5O2S6/c1-12-21-26-27-28-29-36-75-71(78)61-62(72(75)79)70(84-69(61)59-43-56-66(82-59)65-54(37-46(11)80-65)76(56)51(38-47(17-6)30-22-13-2)39-48(18-7)31-23-14-3)60-44-57-68(83-60)67-55(42-58(81-67)53-35-34-45(10)63-64(53)74-85-73-63)77(57)52(40-49(19-8)32-24-15-4)41-50(20-9)33-25-16-5/h34-35,37,42-44,47-52H,12-33,36,38-41H2,1-11H3. The van der Waals surface area contributed by atoms with Crippen molar-refractivity contribution in [2.45, 2.75) is 255 Å². The normalized spacial score (nSPS) is 15.3. The Morgan fingerprint density at radius 1 is 0.435 bits per heavy atom. The van der Waals surface area contributed by atoms with Crippen LogP contribution in [0.1, 0.15) is 272 Å². The molecule has 1 aliphatic heterocycles. The topological polar surface area (TPSA) is 73.0 Å². The molecule has 1 aliphatic rings. The Kier molecular flexibility index (Phi) is 22.5. The summed E-state index contributed by atoms with van der Waals surface area (Å²) >= 11 is 10.6. The molecule has 0 aliphatic carbocycles. The van der Waals surface area contributed by atoms with Crippen molar-refractivity contribution in [2.24, 2.45) is 23.7 Å². The molecule has 2 amide bonds. The van der Waals surface area contributed by atoms with Crippen LogP contribution in [0, 0.1) is 37.5 Å². The van der Waals surface area contributed by atoms with Crippen molar-refractivity contribution in [3.63, 3.8) is 0 Å². The summed E-state index contributed by atoms with van der Waals surface area (Å²) in [5, 5.41) is 0. The highest BCUT2D eigenvalue weighted by molar-refractivity contribution is 7.34. The van der Waals surface area contributed by atoms with Crippen molar-refractivity contribution >= 4 is 132 Å². The van der Waals surface area contributed by atoms with E-state index >= 15 is 9.59 Å². The smallest absolute Gasteiger partial charge is 0.263 e. The predicted molar refractivity (Wildman–Crippen MR) is 377 cm³/mol. The van der Waals surface area contributed by atoms with Gasteiger partial charge in [0.15, 0.2) is 0 Å². The van der Waals surface area contributed by atoms with Gasteiger partial charge in [0.25, 0.3) is 11.8 Å². The first-order valence-corrected chi connectivity index (χ1v) is 38.6. The summed E-state index contributed by atoms with van der Waals surface area (Å²) in [7, 11) is 0. The van der Waals surface area contributed by atoms with Gasteiger partial charge in [-0.2, -0.15) is 8.75 Å². The van der Waals surface area contributed by atoms with Crippen molar-refractivity contribution < 1.29 is 9.59 Å². The molecule has 0 saturated heterocycles. The second-order valence-corrected chi connectivity index (χ2v) is 31.6. The maximum absolute atomic E-state index is 15.5. The molecule has 4 unspecified atom stereocenters. The summed E-state index contributed by atoms with van der Waals surface area (Å²) in [4.78, 5) is 39.3. The number of hydrogen-bond acceptors (Lipinski definition) is 10. The van der Waals surface area contributed by atoms with Gasteiger partial charge in [-0.25, -0.2) is 0 Å². The number of aryl methyl sites for hydroxylation is 2. The van der Waals surface area contributed by atoms with Gasteiger partial charge in [-0.15, -0.1) is 56.7 Å². The van der Waals surface area contributed by atoms with Crippen LogP contribution >= 0.6 is 68.4 Å². The Balaban J connectivity index is 1.17. The van der Waals surface area contributed by atoms with Gasteiger partial charge >= 0.3 is 0 Å². The Bertz CT molecular complexity index is 3630. The maximum Gasteiger partial charge on any atom is 0.263 e. The average Bonchev–Trinajstić information content (AvgIpc) is 2.10. The van der Waals surface area contributed by atoms with Gasteiger partial charge in [0.2, 0.25) is 0 Å². The van der Waals surface area contributed by atoms with E-state index in [0.29, 0.717) is 53.4 Å². The van der Waals surface area contributed by atoms with Crippen molar-refractivity contribution in [3.05, 3.63) is 58.0 Å². The molecule has 85 heavy (non-hydrogen) atoms. The number of benzene rings is 1. The largest absolute Gasteiger partial charge is 0.336 e. The van der Waals surface area contributed by atoms with Gasteiger partial charge in [0, 0.05) is 43.7 Å². The van der Waals surface area contributed by atoms with Crippen molar-refractivity contribution in [2.75, 3.05) is 6.54 Å². The van der Waals surface area contributed by atoms with E-state index < -0.39 is 0 Å². The summed E-state index contributed by atoms with van der Waals surface area (Å²) in [6.45, 7) is 26.2. The minimum Gasteiger partial charge on any atom is -0.336 e. The molecule has 4 atom stereocenters. The number of thiophene rings is 5. The Morgan fingerprint density at radius 2 is 0.835 bits per heavy atom. The monoisotopic (exact) mass is 1260 g/mol. The van der Waals surface area contributed by atoms with Gasteiger partial charge in [-0.1, -0.05) is 209 Å². The van der Waals surface area contributed by atoms with Crippen LogP contribution in [0.2, 0.25) is 0 Å². The van der Waals surface area contributed by atoms with E-state index in [1.807, 2.05) is 45.3 Å².